The molecule has 1 atom stereocenters. The van der Waals surface area contributed by atoms with Crippen LogP contribution in [0.25, 0.3) is 12.2 Å². The summed E-state index contributed by atoms with van der Waals surface area (Å²) in [5.41, 5.74) is 1.70. The van der Waals surface area contributed by atoms with Gasteiger partial charge in [0, 0.05) is 25.4 Å². The van der Waals surface area contributed by atoms with Crippen molar-refractivity contribution in [1.29, 1.82) is 0 Å². The van der Waals surface area contributed by atoms with E-state index >= 15 is 0 Å². The van der Waals surface area contributed by atoms with Crippen LogP contribution in [0.4, 0.5) is 5.69 Å². The Morgan fingerprint density at radius 3 is 2.74 bits per heavy atom. The minimum Gasteiger partial charge on any atom is -0.486 e. The van der Waals surface area contributed by atoms with Crippen LogP contribution in [0.15, 0.2) is 47.6 Å². The summed E-state index contributed by atoms with van der Waals surface area (Å²) in [7, 11) is -4.06. The number of aromatic nitrogens is 3. The predicted octanol–water partition coefficient (Wildman–Crippen LogP) is 5.10. The maximum absolute atomic E-state index is 13.7. The molecule has 2 aromatic heterocycles. The van der Waals surface area contributed by atoms with Gasteiger partial charge in [-0.05, 0) is 56.2 Å². The number of ether oxygens (including phenoxy) is 1. The molecule has 0 unspecified atom stereocenters. The van der Waals surface area contributed by atoms with Crippen molar-refractivity contribution in [1.82, 2.24) is 14.8 Å². The number of pyridine rings is 1. The minimum atomic E-state index is -4.06. The van der Waals surface area contributed by atoms with Gasteiger partial charge in [-0.25, -0.2) is 8.42 Å². The van der Waals surface area contributed by atoms with Gasteiger partial charge in [0.05, 0.1) is 22.9 Å². The molecule has 0 saturated heterocycles. The van der Waals surface area contributed by atoms with Crippen molar-refractivity contribution in [2.24, 2.45) is 0 Å². The molecule has 3 heterocycles. The predicted molar refractivity (Wildman–Crippen MR) is 136 cm³/mol. The molecule has 1 aromatic carbocycles. The summed E-state index contributed by atoms with van der Waals surface area (Å²) in [6, 6.07) is 8.73. The summed E-state index contributed by atoms with van der Waals surface area (Å²) in [5.74, 6) is 0.412. The van der Waals surface area contributed by atoms with Crippen LogP contribution in [0.2, 0.25) is 10.2 Å². The second-order valence-electron chi connectivity index (χ2n) is 8.09. The lowest BCUT2D eigenvalue weighted by atomic mass is 10.1. The number of rotatable bonds is 8. The average Bonchev–Trinajstić information content (AvgIpc) is 3.23. The number of carbonyl (C=O) groups is 1. The van der Waals surface area contributed by atoms with Gasteiger partial charge < -0.3 is 9.53 Å². The molecule has 0 aliphatic carbocycles. The average molecular weight is 535 g/mol. The van der Waals surface area contributed by atoms with Crippen LogP contribution in [0, 0.1) is 0 Å². The van der Waals surface area contributed by atoms with Gasteiger partial charge in [-0.3, -0.25) is 14.0 Å². The third-order valence-electron chi connectivity index (χ3n) is 5.53. The van der Waals surface area contributed by atoms with E-state index in [1.807, 2.05) is 13.0 Å². The van der Waals surface area contributed by atoms with Gasteiger partial charge in [0.15, 0.2) is 5.15 Å². The third-order valence-corrected chi connectivity index (χ3v) is 8.02. The fraction of sp³-hybridized carbons (Fsp3) is 0.292. The first kappa shape index (κ1) is 25.2. The normalized spacial score (nSPS) is 15.8. The fourth-order valence-corrected chi connectivity index (χ4v) is 5.84. The van der Waals surface area contributed by atoms with Crippen molar-refractivity contribution in [2.75, 3.05) is 10.8 Å². The molecule has 11 heteroatoms. The molecule has 0 amide bonds. The highest BCUT2D eigenvalue weighted by Crippen LogP contribution is 2.40. The molecule has 0 N–H and O–H groups in total. The number of anilines is 1. The largest absolute Gasteiger partial charge is 0.486 e. The highest BCUT2D eigenvalue weighted by molar-refractivity contribution is 7.93. The number of fused-ring (bicyclic) bond motifs is 1. The lowest BCUT2D eigenvalue weighted by Gasteiger charge is -2.35. The second kappa shape index (κ2) is 10.4. The molecule has 0 spiro atoms. The number of halogens is 2. The fourth-order valence-electron chi connectivity index (χ4n) is 3.70. The van der Waals surface area contributed by atoms with Gasteiger partial charge in [0.25, 0.3) is 10.0 Å². The smallest absolute Gasteiger partial charge is 0.269 e. The number of Topliss-reactive ketones (excluding diaryl/α,β-unsaturated/α-hetero) is 1. The van der Waals surface area contributed by atoms with E-state index < -0.39 is 16.1 Å². The number of hydrogen-bond acceptors (Lipinski definition) is 6. The van der Waals surface area contributed by atoms with E-state index in [0.29, 0.717) is 35.1 Å². The van der Waals surface area contributed by atoms with E-state index in [0.717, 1.165) is 5.56 Å². The number of ketones is 1. The van der Waals surface area contributed by atoms with E-state index in [1.165, 1.54) is 22.1 Å². The van der Waals surface area contributed by atoms with Crippen LogP contribution in [0.5, 0.6) is 5.75 Å². The Kier molecular flexibility index (Phi) is 7.49. The maximum atomic E-state index is 13.7. The van der Waals surface area contributed by atoms with Gasteiger partial charge in [0.1, 0.15) is 22.5 Å². The van der Waals surface area contributed by atoms with E-state index in [4.69, 9.17) is 27.9 Å². The molecule has 0 bridgehead atoms. The summed E-state index contributed by atoms with van der Waals surface area (Å²) >= 11 is 12.4. The van der Waals surface area contributed by atoms with Crippen molar-refractivity contribution in [3.8, 4) is 5.75 Å². The van der Waals surface area contributed by atoms with Crippen molar-refractivity contribution < 1.29 is 17.9 Å². The second-order valence-corrected chi connectivity index (χ2v) is 10.7. The first-order chi connectivity index (χ1) is 16.7. The first-order valence-electron chi connectivity index (χ1n) is 11.0. The zero-order chi connectivity index (χ0) is 25.2. The molecule has 0 fully saturated rings. The van der Waals surface area contributed by atoms with Crippen molar-refractivity contribution in [3.63, 3.8) is 0 Å². The Hall–Kier alpha value is -2.88. The molecule has 35 heavy (non-hydrogen) atoms. The van der Waals surface area contributed by atoms with Crippen LogP contribution >= 0.6 is 23.2 Å². The lowest BCUT2D eigenvalue weighted by Crippen LogP contribution is -2.43. The Morgan fingerprint density at radius 2 is 2.06 bits per heavy atom. The molecule has 184 valence electrons. The van der Waals surface area contributed by atoms with Crippen LogP contribution < -0.4 is 9.04 Å². The molecule has 8 nitrogen and oxygen atoms in total. The quantitative estimate of drug-likeness (QED) is 0.399. The summed E-state index contributed by atoms with van der Waals surface area (Å²) in [4.78, 5) is 15.7. The van der Waals surface area contributed by atoms with Crippen LogP contribution in [0.3, 0.4) is 0 Å². The Bertz CT molecular complexity index is 1390. The van der Waals surface area contributed by atoms with Crippen LogP contribution in [-0.4, -0.2) is 41.6 Å². The number of carbonyl (C=O) groups excluding carboxylic acids is 1. The zero-order valence-electron chi connectivity index (χ0n) is 19.2. The standard InChI is InChI=1S/C24H24Cl2N4O4S/c1-3-29-15-23(24(26)28-29)35(32,33)30-14-18(9-6-16(2)31)34-22-11-8-17(13-21(22)30)7-10-20-19(25)5-4-12-27-20/h4-5,7-8,10-13,15,18H,3,6,9,14H2,1-2H3/b10-7+/t18-/m0/s1. The van der Waals surface area contributed by atoms with Crippen LogP contribution in [-0.2, 0) is 21.4 Å². The maximum Gasteiger partial charge on any atom is 0.269 e. The Balaban J connectivity index is 1.74. The number of hydrogen-bond donors (Lipinski definition) is 0. The molecule has 1 aliphatic rings. The zero-order valence-corrected chi connectivity index (χ0v) is 21.5. The van der Waals surface area contributed by atoms with Crippen LogP contribution in [0.1, 0.15) is 37.9 Å². The molecule has 0 radical (unpaired) electrons. The van der Waals surface area contributed by atoms with Gasteiger partial charge >= 0.3 is 0 Å². The van der Waals surface area contributed by atoms with E-state index in [-0.39, 0.29) is 28.8 Å². The monoisotopic (exact) mass is 534 g/mol. The minimum absolute atomic E-state index is 0.00902. The molecule has 1 aliphatic heterocycles. The molecule has 4 rings (SSSR count). The molecule has 3 aromatic rings. The van der Waals surface area contributed by atoms with Crippen molar-refractivity contribution in [2.45, 2.75) is 44.2 Å². The van der Waals surface area contributed by atoms with Crippen molar-refractivity contribution >= 4 is 56.8 Å². The number of aryl methyl sites for hydroxylation is 1. The number of benzene rings is 1. The van der Waals surface area contributed by atoms with Gasteiger partial charge in [0.2, 0.25) is 0 Å². The summed E-state index contributed by atoms with van der Waals surface area (Å²) in [6.45, 7) is 3.85. The summed E-state index contributed by atoms with van der Waals surface area (Å²) < 4.78 is 36.3. The topological polar surface area (TPSA) is 94.4 Å². The van der Waals surface area contributed by atoms with Gasteiger partial charge in [-0.15, -0.1) is 0 Å². The van der Waals surface area contributed by atoms with Crippen molar-refractivity contribution in [3.05, 3.63) is 64.2 Å². The highest BCUT2D eigenvalue weighted by atomic mass is 35.5. The Morgan fingerprint density at radius 1 is 1.26 bits per heavy atom. The highest BCUT2D eigenvalue weighted by Gasteiger charge is 2.37. The summed E-state index contributed by atoms with van der Waals surface area (Å²) in [6.07, 6.45) is 6.80. The van der Waals surface area contributed by atoms with E-state index in [9.17, 15) is 13.2 Å². The summed E-state index contributed by atoms with van der Waals surface area (Å²) in [5, 5.41) is 4.49. The van der Waals surface area contributed by atoms with Gasteiger partial charge in [-0.1, -0.05) is 35.3 Å². The molecular weight excluding hydrogens is 511 g/mol. The first-order valence-corrected chi connectivity index (χ1v) is 13.2. The number of sulfonamides is 1. The van der Waals surface area contributed by atoms with E-state index in [1.54, 1.807) is 42.6 Å². The third kappa shape index (κ3) is 5.52. The lowest BCUT2D eigenvalue weighted by molar-refractivity contribution is -0.117. The number of nitrogens with zero attached hydrogens (tertiary/aromatic N) is 4. The van der Waals surface area contributed by atoms with Gasteiger partial charge in [-0.2, -0.15) is 5.10 Å². The Labute approximate surface area is 214 Å². The molecule has 0 saturated carbocycles. The SMILES string of the molecule is CCn1cc(S(=O)(=O)N2C[C@H](CCC(C)=O)Oc3ccc(/C=C/c4ncccc4Cl)cc32)c(Cl)n1. The van der Waals surface area contributed by atoms with E-state index in [2.05, 4.69) is 10.1 Å². The molecular formula is C24H24Cl2N4O4S.